The highest BCUT2D eigenvalue weighted by Crippen LogP contribution is 2.35. The number of aromatic nitrogens is 2. The Morgan fingerprint density at radius 2 is 2.35 bits per heavy atom. The van der Waals surface area contributed by atoms with Crippen LogP contribution in [0.5, 0.6) is 0 Å². The molecule has 1 aliphatic carbocycles. The molecule has 0 spiro atoms. The van der Waals surface area contributed by atoms with Crippen LogP contribution >= 0.6 is 15.9 Å². The number of imidazole rings is 1. The van der Waals surface area contributed by atoms with E-state index in [2.05, 4.69) is 25.9 Å². The van der Waals surface area contributed by atoms with Crippen molar-refractivity contribution in [1.29, 1.82) is 0 Å². The Balaban J connectivity index is 1.97. The lowest BCUT2D eigenvalue weighted by Crippen LogP contribution is -2.43. The lowest BCUT2D eigenvalue weighted by atomic mass is 10.1. The molecule has 20 heavy (non-hydrogen) atoms. The Bertz CT molecular complexity index is 650. The van der Waals surface area contributed by atoms with Gasteiger partial charge < -0.3 is 15.6 Å². The fraction of sp³-hybridized carbons (Fsp3) is 0.429. The summed E-state index contributed by atoms with van der Waals surface area (Å²) >= 11 is 3.44. The summed E-state index contributed by atoms with van der Waals surface area (Å²) < 4.78 is 0.863. The molecule has 1 fully saturated rings. The van der Waals surface area contributed by atoms with Crippen molar-refractivity contribution in [1.82, 2.24) is 14.9 Å². The van der Waals surface area contributed by atoms with Crippen molar-refractivity contribution in [2.24, 2.45) is 11.7 Å². The first kappa shape index (κ1) is 13.6. The lowest BCUT2D eigenvalue weighted by molar-refractivity contribution is 0.0720. The van der Waals surface area contributed by atoms with Gasteiger partial charge in [-0.15, -0.1) is 0 Å². The number of nitrogens with one attached hydrogen (secondary N) is 1. The van der Waals surface area contributed by atoms with E-state index < -0.39 is 0 Å². The van der Waals surface area contributed by atoms with Crippen LogP contribution in [0, 0.1) is 5.92 Å². The molecule has 1 atom stereocenters. The van der Waals surface area contributed by atoms with Crippen LogP contribution in [-0.4, -0.2) is 40.4 Å². The maximum Gasteiger partial charge on any atom is 0.256 e. The third-order valence-electron chi connectivity index (χ3n) is 3.94. The van der Waals surface area contributed by atoms with Crippen LogP contribution in [0.4, 0.5) is 0 Å². The highest BCUT2D eigenvalue weighted by Gasteiger charge is 2.35. The van der Waals surface area contributed by atoms with Gasteiger partial charge in [0.2, 0.25) is 0 Å². The average Bonchev–Trinajstić information content (AvgIpc) is 3.15. The van der Waals surface area contributed by atoms with Crippen LogP contribution in [0.25, 0.3) is 11.0 Å². The van der Waals surface area contributed by atoms with E-state index in [-0.39, 0.29) is 11.9 Å². The maximum absolute atomic E-state index is 12.7. The fourth-order valence-electron chi connectivity index (χ4n) is 2.67. The van der Waals surface area contributed by atoms with Crippen molar-refractivity contribution in [3.8, 4) is 0 Å². The molecule has 1 aromatic heterocycles. The standard InChI is InChI=1S/C14H17BrN4O/c1-19(12(6-16)8-2-3-8)14(20)10-4-9(15)5-11-13(10)18-7-17-11/h4-5,7-8,12H,2-3,6,16H2,1H3,(H,17,18). The molecule has 0 radical (unpaired) electrons. The Kier molecular flexibility index (Phi) is 3.52. The number of carbonyl (C=O) groups excluding carboxylic acids is 1. The Morgan fingerprint density at radius 3 is 3.00 bits per heavy atom. The predicted octanol–water partition coefficient (Wildman–Crippen LogP) is 2.13. The molecule has 1 heterocycles. The van der Waals surface area contributed by atoms with Gasteiger partial charge >= 0.3 is 0 Å². The average molecular weight is 337 g/mol. The van der Waals surface area contributed by atoms with Crippen molar-refractivity contribution in [3.63, 3.8) is 0 Å². The SMILES string of the molecule is CN(C(=O)c1cc(Br)cc2[nH]cnc12)C(CN)C1CC1. The summed E-state index contributed by atoms with van der Waals surface area (Å²) in [6, 6.07) is 3.86. The first-order chi connectivity index (χ1) is 9.61. The maximum atomic E-state index is 12.7. The van der Waals surface area contributed by atoms with Gasteiger partial charge in [-0.3, -0.25) is 4.79 Å². The number of hydrogen-bond acceptors (Lipinski definition) is 3. The number of likely N-dealkylation sites (N-methyl/N-ethyl adjacent to an activating group) is 1. The van der Waals surface area contributed by atoms with E-state index in [1.807, 2.05) is 19.2 Å². The number of fused-ring (bicyclic) bond motifs is 1. The largest absolute Gasteiger partial charge is 0.345 e. The van der Waals surface area contributed by atoms with Gasteiger partial charge in [0, 0.05) is 24.1 Å². The van der Waals surface area contributed by atoms with Crippen LogP contribution in [0.3, 0.4) is 0 Å². The van der Waals surface area contributed by atoms with Gasteiger partial charge in [0.25, 0.3) is 5.91 Å². The number of nitrogens with two attached hydrogens (primary N) is 1. The molecule has 1 amide bonds. The van der Waals surface area contributed by atoms with Gasteiger partial charge in [0.05, 0.1) is 17.4 Å². The van der Waals surface area contributed by atoms with Crippen molar-refractivity contribution < 1.29 is 4.79 Å². The van der Waals surface area contributed by atoms with Crippen molar-refractivity contribution in [2.75, 3.05) is 13.6 Å². The Hall–Kier alpha value is -1.40. The molecule has 6 heteroatoms. The second-order valence-electron chi connectivity index (χ2n) is 5.31. The summed E-state index contributed by atoms with van der Waals surface area (Å²) in [6.07, 6.45) is 3.93. The number of aromatic amines is 1. The minimum absolute atomic E-state index is 0.0225. The minimum atomic E-state index is -0.0225. The van der Waals surface area contributed by atoms with E-state index in [0.29, 0.717) is 23.5 Å². The molecule has 3 N–H and O–H groups in total. The number of carbonyl (C=O) groups is 1. The summed E-state index contributed by atoms with van der Waals surface area (Å²) in [6.45, 7) is 0.505. The van der Waals surface area contributed by atoms with E-state index in [4.69, 9.17) is 5.73 Å². The third-order valence-corrected chi connectivity index (χ3v) is 4.40. The zero-order valence-electron chi connectivity index (χ0n) is 11.3. The number of nitrogens with zero attached hydrogens (tertiary/aromatic N) is 2. The number of rotatable bonds is 4. The van der Waals surface area contributed by atoms with Gasteiger partial charge in [-0.2, -0.15) is 0 Å². The molecular formula is C14H17BrN4O. The zero-order chi connectivity index (χ0) is 14.3. The summed E-state index contributed by atoms with van der Waals surface area (Å²) in [7, 11) is 1.83. The quantitative estimate of drug-likeness (QED) is 0.898. The Morgan fingerprint density at radius 1 is 1.60 bits per heavy atom. The van der Waals surface area contributed by atoms with E-state index in [0.717, 1.165) is 22.8 Å². The van der Waals surface area contributed by atoms with Gasteiger partial charge in [-0.25, -0.2) is 4.98 Å². The number of hydrogen-bond donors (Lipinski definition) is 2. The highest BCUT2D eigenvalue weighted by atomic mass is 79.9. The second kappa shape index (κ2) is 5.18. The van der Waals surface area contributed by atoms with Crippen LogP contribution in [0.2, 0.25) is 0 Å². The number of amides is 1. The summed E-state index contributed by atoms with van der Waals surface area (Å²) in [5.41, 5.74) is 8.00. The molecule has 1 saturated carbocycles. The summed E-state index contributed by atoms with van der Waals surface area (Å²) in [5, 5.41) is 0. The third kappa shape index (κ3) is 2.33. The number of H-pyrrole nitrogens is 1. The fourth-order valence-corrected chi connectivity index (χ4v) is 3.12. The summed E-state index contributed by atoms with van der Waals surface area (Å²) in [5.74, 6) is 0.529. The molecule has 106 valence electrons. The number of halogens is 1. The molecule has 1 unspecified atom stereocenters. The molecule has 0 aliphatic heterocycles. The van der Waals surface area contributed by atoms with Gasteiger partial charge in [-0.1, -0.05) is 15.9 Å². The minimum Gasteiger partial charge on any atom is -0.345 e. The van der Waals surface area contributed by atoms with Gasteiger partial charge in [0.1, 0.15) is 5.52 Å². The second-order valence-corrected chi connectivity index (χ2v) is 6.22. The smallest absolute Gasteiger partial charge is 0.256 e. The van der Waals surface area contributed by atoms with Crippen LogP contribution in [0.15, 0.2) is 22.9 Å². The molecule has 3 rings (SSSR count). The van der Waals surface area contributed by atoms with Crippen molar-refractivity contribution in [3.05, 3.63) is 28.5 Å². The van der Waals surface area contributed by atoms with Crippen LogP contribution in [-0.2, 0) is 0 Å². The normalized spacial score (nSPS) is 16.4. The predicted molar refractivity (Wildman–Crippen MR) is 81.5 cm³/mol. The van der Waals surface area contributed by atoms with E-state index in [9.17, 15) is 4.79 Å². The highest BCUT2D eigenvalue weighted by molar-refractivity contribution is 9.10. The summed E-state index contributed by atoms with van der Waals surface area (Å²) in [4.78, 5) is 21.8. The zero-order valence-corrected chi connectivity index (χ0v) is 12.9. The molecule has 2 aromatic rings. The monoisotopic (exact) mass is 336 g/mol. The molecule has 1 aromatic carbocycles. The van der Waals surface area contributed by atoms with E-state index in [1.165, 1.54) is 0 Å². The lowest BCUT2D eigenvalue weighted by Gasteiger charge is -2.27. The first-order valence-electron chi connectivity index (χ1n) is 6.71. The van der Waals surface area contributed by atoms with Crippen LogP contribution in [0.1, 0.15) is 23.2 Å². The van der Waals surface area contributed by atoms with Crippen molar-refractivity contribution >= 4 is 32.9 Å². The Labute approximate surface area is 125 Å². The molecular weight excluding hydrogens is 320 g/mol. The molecule has 0 bridgehead atoms. The number of benzene rings is 1. The molecule has 0 saturated heterocycles. The molecule has 1 aliphatic rings. The molecule has 5 nitrogen and oxygen atoms in total. The van der Waals surface area contributed by atoms with Gasteiger partial charge in [0.15, 0.2) is 0 Å². The topological polar surface area (TPSA) is 75.0 Å². The van der Waals surface area contributed by atoms with Gasteiger partial charge in [-0.05, 0) is 30.9 Å². The van der Waals surface area contributed by atoms with Crippen molar-refractivity contribution in [2.45, 2.75) is 18.9 Å². The van der Waals surface area contributed by atoms with Crippen LogP contribution < -0.4 is 5.73 Å². The van der Waals surface area contributed by atoms with E-state index in [1.54, 1.807) is 11.2 Å². The first-order valence-corrected chi connectivity index (χ1v) is 7.51. The van der Waals surface area contributed by atoms with E-state index >= 15 is 0 Å².